The van der Waals surface area contributed by atoms with Crippen LogP contribution in [-0.2, 0) is 11.2 Å². The number of carboxylic acids is 1. The summed E-state index contributed by atoms with van der Waals surface area (Å²) in [5.74, 6) is -0.800. The minimum absolute atomic E-state index is 0.555. The number of hydrogen-bond donors (Lipinski definition) is 2. The fourth-order valence-corrected chi connectivity index (χ4v) is 1.84. The minimum atomic E-state index is -0.837. The first-order valence-electron chi connectivity index (χ1n) is 4.62. The number of aryl methyl sites for hydroxylation is 1. The van der Waals surface area contributed by atoms with Crippen LogP contribution in [0.5, 0.6) is 0 Å². The second kappa shape index (κ2) is 2.74. The van der Waals surface area contributed by atoms with E-state index in [9.17, 15) is 4.79 Å². The summed E-state index contributed by atoms with van der Waals surface area (Å²) < 4.78 is 0. The van der Waals surface area contributed by atoms with Crippen LogP contribution in [0.1, 0.15) is 18.1 Å². The number of hydrogen-bond acceptors (Lipinski definition) is 2. The number of fused-ring (bicyclic) bond motifs is 1. The number of carboxylic acid groups (broad SMARTS) is 1. The molecular formula is C11H13NO2. The monoisotopic (exact) mass is 191 g/mol. The third kappa shape index (κ3) is 1.25. The highest BCUT2D eigenvalue weighted by atomic mass is 16.4. The standard InChI is InChI=1S/C11H13NO2/c1-7-3-4-9-8(5-7)6-11(2,12-9)10(13)14/h3-5,12H,6H2,1-2H3,(H,13,14). The summed E-state index contributed by atoms with van der Waals surface area (Å²) in [6.07, 6.45) is 0.555. The van der Waals surface area contributed by atoms with Gasteiger partial charge in [-0.1, -0.05) is 17.7 Å². The molecule has 0 spiro atoms. The van der Waals surface area contributed by atoms with Gasteiger partial charge in [-0.05, 0) is 25.5 Å². The summed E-state index contributed by atoms with van der Waals surface area (Å²) in [4.78, 5) is 11.0. The maximum atomic E-state index is 11.0. The number of anilines is 1. The molecule has 0 fully saturated rings. The van der Waals surface area contributed by atoms with Crippen LogP contribution in [0, 0.1) is 6.92 Å². The van der Waals surface area contributed by atoms with E-state index in [4.69, 9.17) is 5.11 Å². The lowest BCUT2D eigenvalue weighted by molar-refractivity contribution is -0.141. The Kier molecular flexibility index (Phi) is 1.77. The van der Waals surface area contributed by atoms with Crippen LogP contribution in [0.4, 0.5) is 5.69 Å². The van der Waals surface area contributed by atoms with Gasteiger partial charge in [-0.15, -0.1) is 0 Å². The summed E-state index contributed by atoms with van der Waals surface area (Å²) >= 11 is 0. The number of rotatable bonds is 1. The first-order valence-corrected chi connectivity index (χ1v) is 4.62. The zero-order valence-electron chi connectivity index (χ0n) is 8.29. The van der Waals surface area contributed by atoms with Gasteiger partial charge in [-0.3, -0.25) is 0 Å². The largest absolute Gasteiger partial charge is 0.480 e. The Bertz CT molecular complexity index is 400. The molecule has 0 saturated heterocycles. The van der Waals surface area contributed by atoms with Crippen molar-refractivity contribution < 1.29 is 9.90 Å². The van der Waals surface area contributed by atoms with E-state index in [1.807, 2.05) is 25.1 Å². The van der Waals surface area contributed by atoms with Crippen molar-refractivity contribution in [3.05, 3.63) is 29.3 Å². The molecule has 3 nitrogen and oxygen atoms in total. The Morgan fingerprint density at radius 3 is 2.93 bits per heavy atom. The van der Waals surface area contributed by atoms with Gasteiger partial charge >= 0.3 is 5.97 Å². The van der Waals surface area contributed by atoms with E-state index in [0.717, 1.165) is 11.3 Å². The van der Waals surface area contributed by atoms with Gasteiger partial charge in [-0.25, -0.2) is 4.79 Å². The van der Waals surface area contributed by atoms with Crippen LogP contribution in [-0.4, -0.2) is 16.6 Å². The van der Waals surface area contributed by atoms with Crippen LogP contribution in [0.15, 0.2) is 18.2 Å². The predicted molar refractivity (Wildman–Crippen MR) is 54.5 cm³/mol. The fraction of sp³-hybridized carbons (Fsp3) is 0.364. The van der Waals surface area contributed by atoms with E-state index in [2.05, 4.69) is 5.32 Å². The summed E-state index contributed by atoms with van der Waals surface area (Å²) in [6.45, 7) is 3.72. The molecule has 0 aromatic heterocycles. The van der Waals surface area contributed by atoms with Crippen molar-refractivity contribution >= 4 is 11.7 Å². The molecule has 2 N–H and O–H groups in total. The lowest BCUT2D eigenvalue weighted by atomic mass is 9.97. The highest BCUT2D eigenvalue weighted by Crippen LogP contribution is 2.32. The molecule has 0 amide bonds. The average Bonchev–Trinajstić information content (AvgIpc) is 2.42. The lowest BCUT2D eigenvalue weighted by Gasteiger charge is -2.18. The molecule has 1 heterocycles. The van der Waals surface area contributed by atoms with Crippen molar-refractivity contribution in [2.24, 2.45) is 0 Å². The van der Waals surface area contributed by atoms with E-state index >= 15 is 0 Å². The van der Waals surface area contributed by atoms with Gasteiger partial charge < -0.3 is 10.4 Å². The highest BCUT2D eigenvalue weighted by Gasteiger charge is 2.38. The number of benzene rings is 1. The van der Waals surface area contributed by atoms with Gasteiger partial charge in [0.15, 0.2) is 0 Å². The van der Waals surface area contributed by atoms with Crippen molar-refractivity contribution in [1.29, 1.82) is 0 Å². The van der Waals surface area contributed by atoms with Crippen LogP contribution in [0.2, 0.25) is 0 Å². The maximum absolute atomic E-state index is 11.0. The fourth-order valence-electron chi connectivity index (χ4n) is 1.84. The van der Waals surface area contributed by atoms with Gasteiger partial charge in [0.1, 0.15) is 5.54 Å². The van der Waals surface area contributed by atoms with Gasteiger partial charge in [-0.2, -0.15) is 0 Å². The predicted octanol–water partition coefficient (Wildman–Crippen LogP) is 1.81. The molecule has 74 valence electrons. The molecule has 1 aliphatic heterocycles. The first-order chi connectivity index (χ1) is 6.51. The summed E-state index contributed by atoms with van der Waals surface area (Å²) in [6, 6.07) is 5.97. The van der Waals surface area contributed by atoms with Crippen LogP contribution in [0.3, 0.4) is 0 Å². The molecule has 1 aromatic carbocycles. The molecular weight excluding hydrogens is 178 g/mol. The summed E-state index contributed by atoms with van der Waals surface area (Å²) in [5.41, 5.74) is 2.37. The number of aliphatic carboxylic acids is 1. The molecule has 0 saturated carbocycles. The van der Waals surface area contributed by atoms with Gasteiger partial charge in [0.25, 0.3) is 0 Å². The van der Waals surface area contributed by atoms with Crippen LogP contribution < -0.4 is 5.32 Å². The van der Waals surface area contributed by atoms with Crippen molar-refractivity contribution in [2.45, 2.75) is 25.8 Å². The highest BCUT2D eigenvalue weighted by molar-refractivity contribution is 5.86. The normalized spacial score (nSPS) is 24.1. The average molecular weight is 191 g/mol. The van der Waals surface area contributed by atoms with Crippen molar-refractivity contribution in [2.75, 3.05) is 5.32 Å². The molecule has 3 heteroatoms. The van der Waals surface area contributed by atoms with Crippen LogP contribution >= 0.6 is 0 Å². The zero-order valence-corrected chi connectivity index (χ0v) is 8.29. The Balaban J connectivity index is 2.39. The Morgan fingerprint density at radius 2 is 2.29 bits per heavy atom. The van der Waals surface area contributed by atoms with Crippen molar-refractivity contribution in [3.8, 4) is 0 Å². The number of nitrogens with one attached hydrogen (secondary N) is 1. The van der Waals surface area contributed by atoms with E-state index in [1.54, 1.807) is 6.92 Å². The quantitative estimate of drug-likeness (QED) is 0.711. The lowest BCUT2D eigenvalue weighted by Crippen LogP contribution is -2.41. The molecule has 1 atom stereocenters. The second-order valence-electron chi connectivity index (χ2n) is 4.10. The summed E-state index contributed by atoms with van der Waals surface area (Å²) in [7, 11) is 0. The Hall–Kier alpha value is -1.51. The first kappa shape index (κ1) is 9.06. The third-order valence-corrected chi connectivity index (χ3v) is 2.69. The van der Waals surface area contributed by atoms with Gasteiger partial charge in [0.05, 0.1) is 0 Å². The van der Waals surface area contributed by atoms with Gasteiger partial charge in [0.2, 0.25) is 0 Å². The third-order valence-electron chi connectivity index (χ3n) is 2.69. The molecule has 1 aromatic rings. The minimum Gasteiger partial charge on any atom is -0.480 e. The molecule has 0 radical (unpaired) electrons. The molecule has 2 rings (SSSR count). The van der Waals surface area contributed by atoms with E-state index in [1.165, 1.54) is 5.56 Å². The second-order valence-corrected chi connectivity index (χ2v) is 4.10. The van der Waals surface area contributed by atoms with E-state index in [0.29, 0.717) is 6.42 Å². The zero-order chi connectivity index (χ0) is 10.3. The Labute approximate surface area is 82.8 Å². The molecule has 0 aliphatic carbocycles. The van der Waals surface area contributed by atoms with Crippen molar-refractivity contribution in [3.63, 3.8) is 0 Å². The summed E-state index contributed by atoms with van der Waals surface area (Å²) in [5, 5.41) is 12.1. The van der Waals surface area contributed by atoms with Gasteiger partial charge in [0, 0.05) is 12.1 Å². The van der Waals surface area contributed by atoms with Crippen LogP contribution in [0.25, 0.3) is 0 Å². The smallest absolute Gasteiger partial charge is 0.329 e. The molecule has 1 aliphatic rings. The number of carbonyl (C=O) groups is 1. The molecule has 0 bridgehead atoms. The maximum Gasteiger partial charge on any atom is 0.329 e. The van der Waals surface area contributed by atoms with Crippen molar-refractivity contribution in [1.82, 2.24) is 0 Å². The molecule has 14 heavy (non-hydrogen) atoms. The SMILES string of the molecule is Cc1ccc2c(c1)CC(C)(C(=O)O)N2. The molecule has 1 unspecified atom stereocenters. The Morgan fingerprint density at radius 1 is 1.57 bits per heavy atom. The van der Waals surface area contributed by atoms with E-state index in [-0.39, 0.29) is 0 Å². The van der Waals surface area contributed by atoms with E-state index < -0.39 is 11.5 Å². The topological polar surface area (TPSA) is 49.3 Å².